The number of alkyl halides is 13. The molecule has 0 spiro atoms. The van der Waals surface area contributed by atoms with E-state index in [9.17, 15) is 66.3 Å². The molecule has 1 aromatic rings. The van der Waals surface area contributed by atoms with Crippen LogP contribution in [-0.2, 0) is 11.2 Å². The monoisotopic (exact) mass is 582 g/mol. The molecule has 0 atom stereocenters. The van der Waals surface area contributed by atoms with Gasteiger partial charge in [0.05, 0.1) is 5.92 Å². The summed E-state index contributed by atoms with van der Waals surface area (Å²) in [6, 6.07) is 3.58. The Morgan fingerprint density at radius 2 is 1.29 bits per heavy atom. The zero-order valence-corrected chi connectivity index (χ0v) is 19.2. The number of esters is 1. The van der Waals surface area contributed by atoms with E-state index in [-0.39, 0.29) is 0 Å². The molecule has 1 aliphatic carbocycles. The van der Waals surface area contributed by atoms with E-state index in [1.807, 2.05) is 6.92 Å². The second-order valence-electron chi connectivity index (χ2n) is 8.90. The Labute approximate surface area is 206 Å². The Balaban J connectivity index is 2.17. The van der Waals surface area contributed by atoms with E-state index in [2.05, 4.69) is 0 Å². The van der Waals surface area contributed by atoms with Gasteiger partial charge in [-0.1, -0.05) is 19.4 Å². The number of halogens is 14. The maximum Gasteiger partial charge on any atom is 0.460 e. The molecule has 0 amide bonds. The van der Waals surface area contributed by atoms with Crippen LogP contribution in [0.4, 0.5) is 61.5 Å². The van der Waals surface area contributed by atoms with Crippen LogP contribution in [0.15, 0.2) is 18.2 Å². The van der Waals surface area contributed by atoms with Gasteiger partial charge in [0, 0.05) is 5.92 Å². The molecule has 0 heterocycles. The van der Waals surface area contributed by atoms with Crippen LogP contribution < -0.4 is 4.74 Å². The zero-order valence-electron chi connectivity index (χ0n) is 19.2. The molecule has 1 saturated carbocycles. The molecule has 1 aliphatic rings. The van der Waals surface area contributed by atoms with Gasteiger partial charge in [0.1, 0.15) is 0 Å². The molecule has 2 rings (SSSR count). The number of carbonyl (C=O) groups is 1. The molecule has 0 bridgehead atoms. The lowest BCUT2D eigenvalue weighted by Gasteiger charge is -2.43. The lowest BCUT2D eigenvalue weighted by Crippen LogP contribution is -2.71. The zero-order chi connectivity index (χ0) is 29.5. The molecule has 0 N–H and O–H groups in total. The maximum atomic E-state index is 14.4. The molecule has 0 aromatic heterocycles. The minimum atomic E-state index is -7.96. The van der Waals surface area contributed by atoms with E-state index in [0.29, 0.717) is 18.4 Å². The van der Waals surface area contributed by atoms with Crippen molar-refractivity contribution in [2.75, 3.05) is 0 Å². The van der Waals surface area contributed by atoms with Crippen LogP contribution in [0, 0.1) is 17.7 Å². The van der Waals surface area contributed by atoms with Crippen LogP contribution in [0.1, 0.15) is 44.6 Å². The van der Waals surface area contributed by atoms with Gasteiger partial charge in [0.15, 0.2) is 11.6 Å². The minimum absolute atomic E-state index is 0.493. The van der Waals surface area contributed by atoms with E-state index < -0.39 is 90.8 Å². The lowest BCUT2D eigenvalue weighted by molar-refractivity contribution is -0.443. The number of carbonyl (C=O) groups excluding carboxylic acids is 1. The van der Waals surface area contributed by atoms with Crippen molar-refractivity contribution in [3.63, 3.8) is 0 Å². The molecule has 0 unspecified atom stereocenters. The van der Waals surface area contributed by atoms with Crippen molar-refractivity contribution in [2.24, 2.45) is 11.8 Å². The third-order valence-electron chi connectivity index (χ3n) is 6.28. The average molecular weight is 582 g/mol. The fourth-order valence-corrected chi connectivity index (χ4v) is 3.99. The maximum absolute atomic E-state index is 14.4. The lowest BCUT2D eigenvalue weighted by atomic mass is 9.75. The summed E-state index contributed by atoms with van der Waals surface area (Å²) in [4.78, 5) is 12.2. The number of hydrogen-bond donors (Lipinski definition) is 0. The van der Waals surface area contributed by atoms with Crippen molar-refractivity contribution in [1.29, 1.82) is 0 Å². The van der Waals surface area contributed by atoms with Crippen LogP contribution in [0.5, 0.6) is 5.75 Å². The summed E-state index contributed by atoms with van der Waals surface area (Å²) >= 11 is 0. The smallest absolute Gasteiger partial charge is 0.423 e. The summed E-state index contributed by atoms with van der Waals surface area (Å²) in [7, 11) is 0. The highest BCUT2D eigenvalue weighted by molar-refractivity contribution is 5.75. The second kappa shape index (κ2) is 10.4. The highest BCUT2D eigenvalue weighted by atomic mass is 19.4. The first-order valence-electron chi connectivity index (χ1n) is 11.0. The summed E-state index contributed by atoms with van der Waals surface area (Å²) in [5.41, 5.74) is 0.559. The first kappa shape index (κ1) is 31.9. The van der Waals surface area contributed by atoms with Gasteiger partial charge < -0.3 is 4.74 Å². The Morgan fingerprint density at radius 3 is 1.74 bits per heavy atom. The van der Waals surface area contributed by atoms with E-state index in [1.54, 1.807) is 0 Å². The number of benzene rings is 1. The quantitative estimate of drug-likeness (QED) is 0.167. The number of ether oxygens (including phenoxy) is 1. The van der Waals surface area contributed by atoms with Crippen molar-refractivity contribution < 1.29 is 71.0 Å². The molecule has 218 valence electrons. The van der Waals surface area contributed by atoms with E-state index in [1.165, 1.54) is 6.07 Å². The molecule has 16 heteroatoms. The minimum Gasteiger partial charge on any atom is -0.423 e. The van der Waals surface area contributed by atoms with Crippen LogP contribution >= 0.6 is 0 Å². The summed E-state index contributed by atoms with van der Waals surface area (Å²) in [5.74, 6) is -44.1. The van der Waals surface area contributed by atoms with Crippen molar-refractivity contribution in [3.05, 3.63) is 29.6 Å². The molecule has 1 aromatic carbocycles. The topological polar surface area (TPSA) is 26.3 Å². The third kappa shape index (κ3) is 5.27. The van der Waals surface area contributed by atoms with Gasteiger partial charge in [-0.15, -0.1) is 0 Å². The van der Waals surface area contributed by atoms with Crippen LogP contribution in [-0.4, -0.2) is 41.8 Å². The van der Waals surface area contributed by atoms with Gasteiger partial charge in [-0.05, 0) is 49.8 Å². The molecule has 38 heavy (non-hydrogen) atoms. The summed E-state index contributed by atoms with van der Waals surface area (Å²) in [6.07, 6.45) is -10.3. The number of hydrogen-bond acceptors (Lipinski definition) is 2. The fraction of sp³-hybridized carbons (Fsp3) is 0.682. The molecule has 2 nitrogen and oxygen atoms in total. The van der Waals surface area contributed by atoms with Gasteiger partial charge >= 0.3 is 41.8 Å². The Bertz CT molecular complexity index is 994. The van der Waals surface area contributed by atoms with E-state index in [4.69, 9.17) is 4.74 Å². The normalized spacial score (nSPS) is 20.4. The molecule has 0 aliphatic heterocycles. The predicted molar refractivity (Wildman–Crippen MR) is 102 cm³/mol. The van der Waals surface area contributed by atoms with E-state index >= 15 is 0 Å². The largest absolute Gasteiger partial charge is 0.460 e. The Morgan fingerprint density at radius 1 is 0.789 bits per heavy atom. The van der Waals surface area contributed by atoms with Gasteiger partial charge in [0.25, 0.3) is 0 Å². The van der Waals surface area contributed by atoms with Gasteiger partial charge in [-0.25, -0.2) is 4.39 Å². The first-order valence-corrected chi connectivity index (χ1v) is 11.0. The van der Waals surface area contributed by atoms with Crippen LogP contribution in [0.25, 0.3) is 0 Å². The average Bonchev–Trinajstić information content (AvgIpc) is 2.79. The van der Waals surface area contributed by atoms with Crippen LogP contribution in [0.3, 0.4) is 0 Å². The molecule has 0 radical (unpaired) electrons. The molecular weight excluding hydrogens is 562 g/mol. The first-order chi connectivity index (χ1) is 17.1. The number of aryl methyl sites for hydroxylation is 1. The molecule has 1 fully saturated rings. The fourth-order valence-electron chi connectivity index (χ4n) is 3.99. The molecular formula is C22H20F14O2. The van der Waals surface area contributed by atoms with Gasteiger partial charge in [-0.2, -0.15) is 57.1 Å². The van der Waals surface area contributed by atoms with Crippen molar-refractivity contribution >= 4 is 5.97 Å². The summed E-state index contributed by atoms with van der Waals surface area (Å²) in [6.45, 7) is 1.81. The highest BCUT2D eigenvalue weighted by Gasteiger charge is 2.91. The van der Waals surface area contributed by atoms with Crippen molar-refractivity contribution in [3.8, 4) is 5.75 Å². The standard InChI is InChI=1S/C22H20F14O2/c1-2-3-11-4-9-15(14(23)10-11)38-16(37)12-5-7-13(8-6-12)17(24,25)18(26,27)19(28,29)20(30,31)21(32,33)22(34,35)36/h4,9-10,12-13H,2-3,5-8H2,1H3/t12-,13-. The second-order valence-corrected chi connectivity index (χ2v) is 8.90. The Kier molecular flexibility index (Phi) is 8.70. The number of rotatable bonds is 9. The summed E-state index contributed by atoms with van der Waals surface area (Å²) in [5, 5.41) is 0. The Hall–Kier alpha value is -2.29. The highest BCUT2D eigenvalue weighted by Crippen LogP contribution is 2.62. The predicted octanol–water partition coefficient (Wildman–Crippen LogP) is 8.23. The van der Waals surface area contributed by atoms with Gasteiger partial charge in [0.2, 0.25) is 0 Å². The third-order valence-corrected chi connectivity index (χ3v) is 6.28. The SMILES string of the molecule is CCCc1ccc(OC(=O)[C@H]2CC[C@H](C(F)(F)C(F)(F)C(F)(F)C(F)(F)C(F)(F)C(F)(F)F)CC2)c(F)c1. The van der Waals surface area contributed by atoms with E-state index in [0.717, 1.165) is 12.1 Å². The van der Waals surface area contributed by atoms with Crippen LogP contribution in [0.2, 0.25) is 0 Å². The van der Waals surface area contributed by atoms with Crippen molar-refractivity contribution in [2.45, 2.75) is 81.2 Å². The molecule has 0 saturated heterocycles. The summed E-state index contributed by atoms with van der Waals surface area (Å²) < 4.78 is 193. The van der Waals surface area contributed by atoms with Gasteiger partial charge in [-0.3, -0.25) is 4.79 Å². The van der Waals surface area contributed by atoms with Crippen molar-refractivity contribution in [1.82, 2.24) is 0 Å².